The Morgan fingerprint density at radius 2 is 1.65 bits per heavy atom. The number of amides is 1. The normalized spacial score (nSPS) is 24.8. The summed E-state index contributed by atoms with van der Waals surface area (Å²) in [4.78, 5) is 27.5. The Kier molecular flexibility index (Phi) is 8.61. The fourth-order valence-corrected chi connectivity index (χ4v) is 7.19. The second kappa shape index (κ2) is 11.7. The monoisotopic (exact) mass is 505 g/mol. The van der Waals surface area contributed by atoms with Crippen molar-refractivity contribution in [2.24, 2.45) is 17.8 Å². The highest BCUT2D eigenvalue weighted by atomic mass is 16.5. The summed E-state index contributed by atoms with van der Waals surface area (Å²) in [5, 5.41) is 0. The molecule has 0 spiro atoms. The van der Waals surface area contributed by atoms with Crippen LogP contribution in [0.5, 0.6) is 5.75 Å². The molecule has 1 amide bonds. The van der Waals surface area contributed by atoms with Crippen molar-refractivity contribution in [2.45, 2.75) is 84.5 Å². The van der Waals surface area contributed by atoms with Gasteiger partial charge in [0.25, 0.3) is 0 Å². The predicted molar refractivity (Wildman–Crippen MR) is 148 cm³/mol. The Morgan fingerprint density at radius 3 is 2.30 bits per heavy atom. The van der Waals surface area contributed by atoms with Gasteiger partial charge in [0.1, 0.15) is 5.75 Å². The van der Waals surface area contributed by atoms with E-state index in [1.54, 1.807) is 18.9 Å². The third-order valence-electron chi connectivity index (χ3n) is 8.32. The van der Waals surface area contributed by atoms with Crippen molar-refractivity contribution >= 4 is 23.3 Å². The molecular formula is C32H43NO4. The number of benzene rings is 2. The van der Waals surface area contributed by atoms with Crippen LogP contribution in [0.25, 0.3) is 0 Å². The van der Waals surface area contributed by atoms with E-state index in [9.17, 15) is 9.59 Å². The van der Waals surface area contributed by atoms with Gasteiger partial charge in [-0.05, 0) is 105 Å². The number of esters is 1. The quantitative estimate of drug-likeness (QED) is 0.334. The van der Waals surface area contributed by atoms with Crippen molar-refractivity contribution in [3.63, 3.8) is 0 Å². The molecule has 2 aromatic carbocycles. The number of hydrogen-bond donors (Lipinski definition) is 0. The van der Waals surface area contributed by atoms with Crippen LogP contribution in [0.4, 0.5) is 11.4 Å². The summed E-state index contributed by atoms with van der Waals surface area (Å²) in [6.45, 7) is 8.98. The largest absolute Gasteiger partial charge is 0.496 e. The molecule has 200 valence electrons. The lowest BCUT2D eigenvalue weighted by atomic mass is 9.54. The third-order valence-corrected chi connectivity index (χ3v) is 8.32. The molecule has 0 radical (unpaired) electrons. The number of fused-ring (bicyclic) bond motifs is 2. The van der Waals surface area contributed by atoms with Crippen molar-refractivity contribution in [3.8, 4) is 5.75 Å². The van der Waals surface area contributed by atoms with Gasteiger partial charge in [-0.25, -0.2) is 0 Å². The van der Waals surface area contributed by atoms with Gasteiger partial charge >= 0.3 is 5.97 Å². The zero-order valence-electron chi connectivity index (χ0n) is 23.2. The van der Waals surface area contributed by atoms with Gasteiger partial charge in [-0.15, -0.1) is 0 Å². The fourth-order valence-electron chi connectivity index (χ4n) is 7.19. The maximum Gasteiger partial charge on any atom is 0.306 e. The Labute approximate surface area is 222 Å². The molecule has 5 nitrogen and oxygen atoms in total. The van der Waals surface area contributed by atoms with Crippen LogP contribution in [-0.2, 0) is 26.2 Å². The lowest BCUT2D eigenvalue weighted by Crippen LogP contribution is -2.42. The Hall–Kier alpha value is -2.82. The first kappa shape index (κ1) is 27.2. The molecule has 0 N–H and O–H groups in total. The number of anilines is 2. The Bertz CT molecular complexity index is 1090. The minimum Gasteiger partial charge on any atom is -0.496 e. The summed E-state index contributed by atoms with van der Waals surface area (Å²) < 4.78 is 11.0. The van der Waals surface area contributed by atoms with E-state index in [1.165, 1.54) is 24.8 Å². The lowest BCUT2D eigenvalue weighted by molar-refractivity contribution is -0.144. The highest BCUT2D eigenvalue weighted by Crippen LogP contribution is 2.56. The fraction of sp³-hybridized carbons (Fsp3) is 0.562. The topological polar surface area (TPSA) is 55.8 Å². The number of nitrogens with zero attached hydrogens (tertiary/aromatic N) is 1. The third kappa shape index (κ3) is 6.02. The molecule has 2 saturated carbocycles. The number of methoxy groups -OCH3 is 1. The van der Waals surface area contributed by atoms with E-state index >= 15 is 0 Å². The number of aryl methyl sites for hydroxylation is 1. The first-order chi connectivity index (χ1) is 17.8. The van der Waals surface area contributed by atoms with Gasteiger partial charge in [-0.2, -0.15) is 0 Å². The molecule has 37 heavy (non-hydrogen) atoms. The van der Waals surface area contributed by atoms with Gasteiger partial charge in [-0.1, -0.05) is 32.9 Å². The smallest absolute Gasteiger partial charge is 0.306 e. The minimum absolute atomic E-state index is 0.0618. The number of hydrogen-bond acceptors (Lipinski definition) is 4. The average Bonchev–Trinajstić information content (AvgIpc) is 2.87. The van der Waals surface area contributed by atoms with Gasteiger partial charge in [0.05, 0.1) is 20.1 Å². The summed E-state index contributed by atoms with van der Waals surface area (Å²) in [7, 11) is 1.75. The van der Waals surface area contributed by atoms with E-state index < -0.39 is 0 Å². The second-order valence-corrected chi connectivity index (χ2v) is 11.4. The zero-order valence-corrected chi connectivity index (χ0v) is 23.2. The summed E-state index contributed by atoms with van der Waals surface area (Å²) in [6, 6.07) is 14.3. The molecule has 0 saturated heterocycles. The summed E-state index contributed by atoms with van der Waals surface area (Å²) in [5.41, 5.74) is 4.12. The van der Waals surface area contributed by atoms with Crippen molar-refractivity contribution in [3.05, 3.63) is 53.6 Å². The van der Waals surface area contributed by atoms with Crippen LogP contribution in [-0.4, -0.2) is 25.6 Å². The highest BCUT2D eigenvalue weighted by molar-refractivity contribution is 6.01. The molecule has 2 aliphatic rings. The molecule has 2 aliphatic carbocycles. The van der Waals surface area contributed by atoms with Crippen molar-refractivity contribution in [1.29, 1.82) is 0 Å². The molecule has 2 unspecified atom stereocenters. The van der Waals surface area contributed by atoms with E-state index in [4.69, 9.17) is 9.47 Å². The highest BCUT2D eigenvalue weighted by Gasteiger charge is 2.46. The lowest BCUT2D eigenvalue weighted by Gasteiger charge is -2.51. The van der Waals surface area contributed by atoms with Crippen molar-refractivity contribution in [1.82, 2.24) is 0 Å². The van der Waals surface area contributed by atoms with Crippen LogP contribution in [0.3, 0.4) is 0 Å². The Morgan fingerprint density at radius 1 is 0.946 bits per heavy atom. The van der Waals surface area contributed by atoms with Gasteiger partial charge in [-0.3, -0.25) is 14.5 Å². The molecule has 4 rings (SSSR count). The van der Waals surface area contributed by atoms with Gasteiger partial charge in [0, 0.05) is 23.4 Å². The van der Waals surface area contributed by atoms with Crippen LogP contribution in [0.15, 0.2) is 42.5 Å². The molecule has 0 aromatic heterocycles. The van der Waals surface area contributed by atoms with Gasteiger partial charge in [0.2, 0.25) is 5.91 Å². The van der Waals surface area contributed by atoms with Gasteiger partial charge in [0.15, 0.2) is 0 Å². The number of carbonyl (C=O) groups excluding carboxylic acids is 2. The van der Waals surface area contributed by atoms with Crippen LogP contribution in [0, 0.1) is 17.8 Å². The second-order valence-electron chi connectivity index (χ2n) is 11.4. The van der Waals surface area contributed by atoms with E-state index in [1.807, 2.05) is 24.3 Å². The zero-order chi connectivity index (χ0) is 26.6. The molecule has 0 aliphatic heterocycles. The van der Waals surface area contributed by atoms with E-state index in [2.05, 4.69) is 39.0 Å². The van der Waals surface area contributed by atoms with Crippen LogP contribution < -0.4 is 9.64 Å². The molecule has 2 atom stereocenters. The van der Waals surface area contributed by atoms with Crippen molar-refractivity contribution < 1.29 is 19.1 Å². The Balaban J connectivity index is 1.77. The van der Waals surface area contributed by atoms with Gasteiger partial charge < -0.3 is 9.47 Å². The number of ether oxygens (including phenoxy) is 2. The number of carbonyl (C=O) groups is 2. The molecular weight excluding hydrogens is 462 g/mol. The number of rotatable bonds is 9. The van der Waals surface area contributed by atoms with Crippen molar-refractivity contribution in [2.75, 3.05) is 18.6 Å². The standard InChI is InChI=1S/C32H43NO4/c1-6-24-9-8-10-26(17-24)33(30(34)13-14-31(35)37-7-2)27-11-12-29(36-5)28(18-27)32-19-22(3)15-25(21-32)16-23(4)20-32/h8-12,17-18,22-23,25H,6-7,13-16,19-21H2,1-5H3. The summed E-state index contributed by atoms with van der Waals surface area (Å²) in [5.74, 6) is 2.54. The van der Waals surface area contributed by atoms with Crippen LogP contribution in [0.2, 0.25) is 0 Å². The molecule has 5 heteroatoms. The molecule has 0 heterocycles. The van der Waals surface area contributed by atoms with E-state index in [-0.39, 0.29) is 30.1 Å². The average molecular weight is 506 g/mol. The summed E-state index contributed by atoms with van der Waals surface area (Å²) >= 11 is 0. The maximum atomic E-state index is 13.7. The SMILES string of the molecule is CCOC(=O)CCC(=O)N(c1cccc(CC)c1)c1ccc(OC)c(C23CC(C)CC(CC(C)C2)C3)c1. The first-order valence-electron chi connectivity index (χ1n) is 14.0. The molecule has 2 bridgehead atoms. The predicted octanol–water partition coefficient (Wildman–Crippen LogP) is 7.37. The minimum atomic E-state index is -0.342. The molecule has 2 aromatic rings. The van der Waals surface area contributed by atoms with E-state index in [0.29, 0.717) is 18.4 Å². The summed E-state index contributed by atoms with van der Waals surface area (Å²) in [6.07, 6.45) is 7.13. The van der Waals surface area contributed by atoms with Crippen LogP contribution in [0.1, 0.15) is 83.8 Å². The van der Waals surface area contributed by atoms with E-state index in [0.717, 1.165) is 47.9 Å². The van der Waals surface area contributed by atoms with Crippen LogP contribution >= 0.6 is 0 Å². The molecule has 2 fully saturated rings. The first-order valence-corrected chi connectivity index (χ1v) is 14.0. The maximum absolute atomic E-state index is 13.7.